The lowest BCUT2D eigenvalue weighted by atomic mass is 9.80. The molecule has 1 saturated heterocycles. The fourth-order valence-corrected chi connectivity index (χ4v) is 3.66. The number of rotatable bonds is 3. The summed E-state index contributed by atoms with van der Waals surface area (Å²) in [4.78, 5) is 31.0. The van der Waals surface area contributed by atoms with Crippen LogP contribution >= 0.6 is 0 Å². The highest BCUT2D eigenvalue weighted by Gasteiger charge is 2.41. The predicted octanol–water partition coefficient (Wildman–Crippen LogP) is 2.42. The van der Waals surface area contributed by atoms with Crippen molar-refractivity contribution in [2.45, 2.75) is 38.5 Å². The van der Waals surface area contributed by atoms with Crippen LogP contribution in [0.5, 0.6) is 0 Å². The van der Waals surface area contributed by atoms with Gasteiger partial charge in [-0.2, -0.15) is 0 Å². The average molecular weight is 327 g/mol. The molecule has 0 saturated carbocycles. The van der Waals surface area contributed by atoms with Gasteiger partial charge in [0.05, 0.1) is 5.69 Å². The number of likely N-dealkylation sites (tertiary alicyclic amines) is 1. The van der Waals surface area contributed by atoms with Crippen LogP contribution in [0.3, 0.4) is 0 Å². The maximum absolute atomic E-state index is 13.0. The van der Waals surface area contributed by atoms with Crippen LogP contribution in [0.15, 0.2) is 29.3 Å². The molecular formula is C19H25N3O2. The van der Waals surface area contributed by atoms with E-state index >= 15 is 0 Å². The van der Waals surface area contributed by atoms with Gasteiger partial charge in [0, 0.05) is 32.0 Å². The monoisotopic (exact) mass is 327 g/mol. The smallest absolute Gasteiger partial charge is 0.269 e. The van der Waals surface area contributed by atoms with Gasteiger partial charge in [-0.15, -0.1) is 0 Å². The van der Waals surface area contributed by atoms with Crippen LogP contribution < -0.4 is 5.32 Å². The molecule has 2 amide bonds. The lowest BCUT2D eigenvalue weighted by molar-refractivity contribution is -0.126. The molecule has 0 spiro atoms. The van der Waals surface area contributed by atoms with Gasteiger partial charge in [0.25, 0.3) is 5.91 Å². The van der Waals surface area contributed by atoms with Crippen LogP contribution in [0.25, 0.3) is 0 Å². The van der Waals surface area contributed by atoms with E-state index in [0.717, 1.165) is 24.1 Å². The van der Waals surface area contributed by atoms with Crippen LogP contribution in [-0.4, -0.2) is 42.6 Å². The minimum Gasteiger partial charge on any atom is -0.359 e. The van der Waals surface area contributed by atoms with Gasteiger partial charge in [0.15, 0.2) is 0 Å². The third-order valence-electron chi connectivity index (χ3n) is 5.26. The Morgan fingerprint density at radius 3 is 2.54 bits per heavy atom. The molecule has 5 heteroatoms. The van der Waals surface area contributed by atoms with E-state index in [1.54, 1.807) is 7.05 Å². The summed E-state index contributed by atoms with van der Waals surface area (Å²) in [6, 6.07) is 7.96. The molecule has 1 N–H and O–H groups in total. The first-order valence-electron chi connectivity index (χ1n) is 8.62. The number of hydrogen-bond acceptors (Lipinski definition) is 3. The Hall–Kier alpha value is -2.17. The molecule has 0 radical (unpaired) electrons. The Morgan fingerprint density at radius 2 is 1.92 bits per heavy atom. The number of aliphatic imine (C=N–C) groups is 1. The van der Waals surface area contributed by atoms with Gasteiger partial charge in [-0.25, -0.2) is 4.99 Å². The van der Waals surface area contributed by atoms with Gasteiger partial charge in [0.1, 0.15) is 5.71 Å². The van der Waals surface area contributed by atoms with Crippen molar-refractivity contribution in [3.8, 4) is 0 Å². The van der Waals surface area contributed by atoms with Crippen LogP contribution in [0.4, 0.5) is 5.69 Å². The summed E-state index contributed by atoms with van der Waals surface area (Å²) in [6.45, 7) is 5.53. The number of nitrogens with one attached hydrogen (secondary N) is 1. The number of carbonyl (C=O) groups excluding carboxylic acids is 2. The number of benzene rings is 1. The van der Waals surface area contributed by atoms with Crippen LogP contribution in [0, 0.1) is 5.92 Å². The van der Waals surface area contributed by atoms with E-state index in [1.165, 1.54) is 0 Å². The SMILES string of the molecule is CNC(=O)CC1CCN(C(=O)C2=Nc3ccccc3C2(C)C)CC1. The van der Waals surface area contributed by atoms with Crippen LogP contribution in [0.2, 0.25) is 0 Å². The molecule has 0 unspecified atom stereocenters. The van der Waals surface area contributed by atoms with Crippen molar-refractivity contribution in [2.75, 3.05) is 20.1 Å². The number of nitrogens with zero attached hydrogens (tertiary/aromatic N) is 2. The summed E-state index contributed by atoms with van der Waals surface area (Å²) >= 11 is 0. The Labute approximate surface area is 143 Å². The van der Waals surface area contributed by atoms with E-state index in [0.29, 0.717) is 31.1 Å². The van der Waals surface area contributed by atoms with E-state index in [9.17, 15) is 9.59 Å². The maximum atomic E-state index is 13.0. The zero-order valence-corrected chi connectivity index (χ0v) is 14.6. The molecule has 1 fully saturated rings. The summed E-state index contributed by atoms with van der Waals surface area (Å²) < 4.78 is 0. The summed E-state index contributed by atoms with van der Waals surface area (Å²) in [5.41, 5.74) is 2.30. The van der Waals surface area contributed by atoms with Crippen molar-refractivity contribution in [1.29, 1.82) is 0 Å². The standard InChI is InChI=1S/C19H25N3O2/c1-19(2)14-6-4-5-7-15(14)21-17(19)18(24)22-10-8-13(9-11-22)12-16(23)20-3/h4-7,13H,8-12H2,1-3H3,(H,20,23). The summed E-state index contributed by atoms with van der Waals surface area (Å²) in [5.74, 6) is 0.482. The predicted molar refractivity (Wildman–Crippen MR) is 94.6 cm³/mol. The molecule has 1 aromatic carbocycles. The second-order valence-electron chi connectivity index (χ2n) is 7.22. The molecule has 2 heterocycles. The fraction of sp³-hybridized carbons (Fsp3) is 0.526. The molecule has 24 heavy (non-hydrogen) atoms. The van der Waals surface area contributed by atoms with Gasteiger partial charge in [0.2, 0.25) is 5.91 Å². The normalized spacial score (nSPS) is 19.6. The number of fused-ring (bicyclic) bond motifs is 1. The first-order valence-corrected chi connectivity index (χ1v) is 8.62. The highest BCUT2D eigenvalue weighted by Crippen LogP contribution is 2.40. The largest absolute Gasteiger partial charge is 0.359 e. The van der Waals surface area contributed by atoms with Gasteiger partial charge < -0.3 is 10.2 Å². The van der Waals surface area contributed by atoms with E-state index in [-0.39, 0.29) is 17.2 Å². The average Bonchev–Trinajstić information content (AvgIpc) is 2.86. The van der Waals surface area contributed by atoms with Gasteiger partial charge in [-0.1, -0.05) is 18.2 Å². The molecule has 0 aliphatic carbocycles. The third kappa shape index (κ3) is 2.95. The highest BCUT2D eigenvalue weighted by atomic mass is 16.2. The van der Waals surface area contributed by atoms with E-state index in [2.05, 4.69) is 30.2 Å². The quantitative estimate of drug-likeness (QED) is 0.927. The molecule has 0 atom stereocenters. The zero-order valence-electron chi connectivity index (χ0n) is 14.6. The molecule has 0 bridgehead atoms. The molecule has 2 aliphatic heterocycles. The molecular weight excluding hydrogens is 302 g/mol. The molecule has 3 rings (SSSR count). The Kier molecular flexibility index (Phi) is 4.43. The Morgan fingerprint density at radius 1 is 1.25 bits per heavy atom. The molecule has 5 nitrogen and oxygen atoms in total. The molecule has 128 valence electrons. The first-order chi connectivity index (χ1) is 11.4. The van der Waals surface area contributed by atoms with Gasteiger partial charge in [-0.3, -0.25) is 9.59 Å². The molecule has 1 aromatic rings. The number of amides is 2. The Bertz CT molecular complexity index is 686. The van der Waals surface area contributed by atoms with Crippen molar-refractivity contribution >= 4 is 23.2 Å². The van der Waals surface area contributed by atoms with E-state index in [1.807, 2.05) is 23.1 Å². The maximum Gasteiger partial charge on any atom is 0.269 e. The van der Waals surface area contributed by atoms with Crippen LogP contribution in [0.1, 0.15) is 38.7 Å². The minimum atomic E-state index is -0.355. The highest BCUT2D eigenvalue weighted by molar-refractivity contribution is 6.43. The second kappa shape index (κ2) is 6.38. The van der Waals surface area contributed by atoms with E-state index < -0.39 is 0 Å². The minimum absolute atomic E-state index is 0.0367. The summed E-state index contributed by atoms with van der Waals surface area (Å²) in [7, 11) is 1.67. The fourth-order valence-electron chi connectivity index (χ4n) is 3.66. The molecule has 0 aromatic heterocycles. The topological polar surface area (TPSA) is 61.8 Å². The van der Waals surface area contributed by atoms with E-state index in [4.69, 9.17) is 0 Å². The zero-order chi connectivity index (χ0) is 17.3. The summed E-state index contributed by atoms with van der Waals surface area (Å²) in [6.07, 6.45) is 2.30. The Balaban J connectivity index is 1.68. The van der Waals surface area contributed by atoms with Gasteiger partial charge in [-0.05, 0) is 44.2 Å². The molecule has 2 aliphatic rings. The third-order valence-corrected chi connectivity index (χ3v) is 5.26. The summed E-state index contributed by atoms with van der Waals surface area (Å²) in [5, 5.41) is 2.67. The van der Waals surface area contributed by atoms with Crippen molar-refractivity contribution in [3.05, 3.63) is 29.8 Å². The van der Waals surface area contributed by atoms with Crippen molar-refractivity contribution in [1.82, 2.24) is 10.2 Å². The van der Waals surface area contributed by atoms with Crippen molar-refractivity contribution in [3.63, 3.8) is 0 Å². The van der Waals surface area contributed by atoms with Crippen LogP contribution in [-0.2, 0) is 15.0 Å². The second-order valence-corrected chi connectivity index (χ2v) is 7.22. The number of piperidine rings is 1. The first kappa shape index (κ1) is 16.7. The van der Waals surface area contributed by atoms with Crippen molar-refractivity contribution < 1.29 is 9.59 Å². The lowest BCUT2D eigenvalue weighted by Gasteiger charge is -2.33. The van der Waals surface area contributed by atoms with Gasteiger partial charge >= 0.3 is 0 Å². The number of carbonyl (C=O) groups is 2. The number of para-hydroxylation sites is 1. The lowest BCUT2D eigenvalue weighted by Crippen LogP contribution is -2.46. The number of hydrogen-bond donors (Lipinski definition) is 1. The van der Waals surface area contributed by atoms with Crippen molar-refractivity contribution in [2.24, 2.45) is 10.9 Å².